The average Bonchev–Trinajstić information content (AvgIpc) is 2.41. The Morgan fingerprint density at radius 3 is 2.94 bits per heavy atom. The number of hydrogen-bond donors (Lipinski definition) is 2. The smallest absolute Gasteiger partial charge is 0.267 e. The summed E-state index contributed by atoms with van der Waals surface area (Å²) in [6.07, 6.45) is 0. The van der Waals surface area contributed by atoms with Crippen LogP contribution in [-0.4, -0.2) is 21.9 Å². The number of anilines is 1. The summed E-state index contributed by atoms with van der Waals surface area (Å²) in [5, 5.41) is 4.03. The maximum atomic E-state index is 11.6. The van der Waals surface area contributed by atoms with Crippen molar-refractivity contribution in [2.24, 2.45) is 5.84 Å². The van der Waals surface area contributed by atoms with Gasteiger partial charge in [0.15, 0.2) is 0 Å². The second kappa shape index (κ2) is 5.28. The van der Waals surface area contributed by atoms with Crippen molar-refractivity contribution in [1.29, 1.82) is 0 Å². The topological polar surface area (TPSA) is 95.1 Å². The van der Waals surface area contributed by atoms with Gasteiger partial charge in [0, 0.05) is 12.1 Å². The van der Waals surface area contributed by atoms with Crippen molar-refractivity contribution in [2.45, 2.75) is 6.54 Å². The van der Waals surface area contributed by atoms with E-state index in [4.69, 9.17) is 10.6 Å². The van der Waals surface area contributed by atoms with Gasteiger partial charge in [-0.25, -0.2) is 15.5 Å². The van der Waals surface area contributed by atoms with Crippen LogP contribution in [0.25, 0.3) is 0 Å². The average molecular weight is 247 g/mol. The maximum Gasteiger partial charge on any atom is 0.267 e. The van der Waals surface area contributed by atoms with E-state index in [0.717, 1.165) is 0 Å². The van der Waals surface area contributed by atoms with Crippen LogP contribution in [0.3, 0.4) is 0 Å². The van der Waals surface area contributed by atoms with Gasteiger partial charge < -0.3 is 10.2 Å². The molecule has 2 rings (SSSR count). The number of aromatic nitrogens is 3. The number of nitrogen functional groups attached to an aromatic ring is 1. The van der Waals surface area contributed by atoms with Crippen LogP contribution in [0.4, 0.5) is 5.82 Å². The minimum atomic E-state index is -0.219. The molecule has 0 aromatic carbocycles. The van der Waals surface area contributed by atoms with Gasteiger partial charge >= 0.3 is 0 Å². The summed E-state index contributed by atoms with van der Waals surface area (Å²) in [4.78, 5) is 15.8. The molecule has 0 unspecified atom stereocenters. The van der Waals surface area contributed by atoms with E-state index in [9.17, 15) is 4.79 Å². The molecule has 0 spiro atoms. The summed E-state index contributed by atoms with van der Waals surface area (Å²) in [5.41, 5.74) is 2.90. The minimum Gasteiger partial charge on any atom is -0.480 e. The molecule has 0 saturated heterocycles. The SMILES string of the molecule is COc1ccc(=O)n(Cc2cccc(NN)n2)n1. The van der Waals surface area contributed by atoms with Gasteiger partial charge in [-0.05, 0) is 12.1 Å². The highest BCUT2D eigenvalue weighted by Crippen LogP contribution is 2.05. The lowest BCUT2D eigenvalue weighted by molar-refractivity contribution is 0.378. The third-order valence-corrected chi connectivity index (χ3v) is 2.32. The van der Waals surface area contributed by atoms with Crippen molar-refractivity contribution in [3.8, 4) is 5.88 Å². The molecular weight excluding hydrogens is 234 g/mol. The van der Waals surface area contributed by atoms with Crippen LogP contribution in [0.5, 0.6) is 5.88 Å². The van der Waals surface area contributed by atoms with Gasteiger partial charge in [0.05, 0.1) is 19.3 Å². The highest BCUT2D eigenvalue weighted by molar-refractivity contribution is 5.33. The van der Waals surface area contributed by atoms with Crippen LogP contribution < -0.4 is 21.6 Å². The van der Waals surface area contributed by atoms with Crippen LogP contribution in [0, 0.1) is 0 Å². The molecule has 0 bridgehead atoms. The lowest BCUT2D eigenvalue weighted by Gasteiger charge is -2.06. The molecule has 2 heterocycles. The minimum absolute atomic E-state index is 0.219. The highest BCUT2D eigenvalue weighted by Gasteiger charge is 2.03. The molecule has 18 heavy (non-hydrogen) atoms. The number of methoxy groups -OCH3 is 1. The Morgan fingerprint density at radius 2 is 2.22 bits per heavy atom. The monoisotopic (exact) mass is 247 g/mol. The Balaban J connectivity index is 2.30. The second-order valence-electron chi connectivity index (χ2n) is 3.53. The molecule has 3 N–H and O–H groups in total. The predicted molar refractivity (Wildman–Crippen MR) is 66.2 cm³/mol. The van der Waals surface area contributed by atoms with Gasteiger partial charge in [0.1, 0.15) is 5.82 Å². The molecule has 0 aliphatic rings. The first-order valence-electron chi connectivity index (χ1n) is 5.27. The van der Waals surface area contributed by atoms with E-state index >= 15 is 0 Å². The maximum absolute atomic E-state index is 11.6. The second-order valence-corrected chi connectivity index (χ2v) is 3.53. The van der Waals surface area contributed by atoms with E-state index in [1.165, 1.54) is 23.9 Å². The summed E-state index contributed by atoms with van der Waals surface area (Å²) in [6, 6.07) is 8.23. The van der Waals surface area contributed by atoms with E-state index in [0.29, 0.717) is 17.4 Å². The predicted octanol–water partition coefficient (Wildman–Crippen LogP) is -0.0192. The number of nitrogens with one attached hydrogen (secondary N) is 1. The fourth-order valence-corrected chi connectivity index (χ4v) is 1.45. The van der Waals surface area contributed by atoms with Crippen LogP contribution in [-0.2, 0) is 6.54 Å². The molecule has 0 radical (unpaired) electrons. The van der Waals surface area contributed by atoms with Gasteiger partial charge in [0.25, 0.3) is 5.56 Å². The largest absolute Gasteiger partial charge is 0.480 e. The van der Waals surface area contributed by atoms with Gasteiger partial charge in [-0.3, -0.25) is 4.79 Å². The molecule has 7 heteroatoms. The molecule has 2 aromatic heterocycles. The number of pyridine rings is 1. The van der Waals surface area contributed by atoms with Crippen molar-refractivity contribution >= 4 is 5.82 Å². The van der Waals surface area contributed by atoms with Crippen LogP contribution in [0.2, 0.25) is 0 Å². The fraction of sp³-hybridized carbons (Fsp3) is 0.182. The van der Waals surface area contributed by atoms with Crippen LogP contribution >= 0.6 is 0 Å². The zero-order valence-corrected chi connectivity index (χ0v) is 9.83. The molecule has 94 valence electrons. The number of rotatable bonds is 4. The molecule has 0 aliphatic carbocycles. The number of ether oxygens (including phenoxy) is 1. The van der Waals surface area contributed by atoms with Gasteiger partial charge in [-0.15, -0.1) is 5.10 Å². The molecule has 0 saturated carbocycles. The third-order valence-electron chi connectivity index (χ3n) is 2.32. The normalized spacial score (nSPS) is 10.1. The van der Waals surface area contributed by atoms with E-state index < -0.39 is 0 Å². The van der Waals surface area contributed by atoms with Gasteiger partial charge in [-0.1, -0.05) is 6.07 Å². The van der Waals surface area contributed by atoms with Gasteiger partial charge in [0.2, 0.25) is 5.88 Å². The molecular formula is C11H13N5O2. The summed E-state index contributed by atoms with van der Waals surface area (Å²) in [6.45, 7) is 0.256. The Hall–Kier alpha value is -2.41. The van der Waals surface area contributed by atoms with Crippen LogP contribution in [0.15, 0.2) is 35.1 Å². The van der Waals surface area contributed by atoms with Crippen LogP contribution in [0.1, 0.15) is 5.69 Å². The number of hydrazine groups is 1. The standard InChI is InChI=1S/C11H13N5O2/c1-18-10-5-6-11(17)16(15-10)7-8-3-2-4-9(13-8)14-12/h2-6H,7,12H2,1H3,(H,13,14). The quantitative estimate of drug-likeness (QED) is 0.582. The number of nitrogens with zero attached hydrogens (tertiary/aromatic N) is 3. The lowest BCUT2D eigenvalue weighted by atomic mass is 10.3. The molecule has 0 aliphatic heterocycles. The van der Waals surface area contributed by atoms with Crippen molar-refractivity contribution in [3.05, 3.63) is 46.4 Å². The lowest BCUT2D eigenvalue weighted by Crippen LogP contribution is -2.23. The summed E-state index contributed by atoms with van der Waals surface area (Å²) in [7, 11) is 1.49. The van der Waals surface area contributed by atoms with Crippen molar-refractivity contribution in [3.63, 3.8) is 0 Å². The molecule has 0 fully saturated rings. The summed E-state index contributed by atoms with van der Waals surface area (Å²) in [5.74, 6) is 6.18. The molecule has 0 amide bonds. The molecule has 7 nitrogen and oxygen atoms in total. The Labute approximate surface area is 103 Å². The Morgan fingerprint density at radius 1 is 1.39 bits per heavy atom. The molecule has 2 aromatic rings. The number of hydrogen-bond acceptors (Lipinski definition) is 6. The third kappa shape index (κ3) is 2.64. The van der Waals surface area contributed by atoms with Gasteiger partial charge in [-0.2, -0.15) is 0 Å². The Kier molecular flexibility index (Phi) is 3.54. The first kappa shape index (κ1) is 12.1. The van der Waals surface area contributed by atoms with E-state index in [1.807, 2.05) is 0 Å². The first-order valence-corrected chi connectivity index (χ1v) is 5.27. The van der Waals surface area contributed by atoms with Crippen molar-refractivity contribution in [2.75, 3.05) is 12.5 Å². The van der Waals surface area contributed by atoms with Crippen molar-refractivity contribution < 1.29 is 4.74 Å². The summed E-state index contributed by atoms with van der Waals surface area (Å²) >= 11 is 0. The fourth-order valence-electron chi connectivity index (χ4n) is 1.45. The highest BCUT2D eigenvalue weighted by atomic mass is 16.5. The zero-order chi connectivity index (χ0) is 13.0. The molecule has 0 atom stereocenters. The summed E-state index contributed by atoms with van der Waals surface area (Å²) < 4.78 is 6.25. The Bertz CT molecular complexity index is 596. The van der Waals surface area contributed by atoms with E-state index in [2.05, 4.69) is 15.5 Å². The van der Waals surface area contributed by atoms with E-state index in [-0.39, 0.29) is 12.1 Å². The van der Waals surface area contributed by atoms with Crippen molar-refractivity contribution in [1.82, 2.24) is 14.8 Å². The number of nitrogens with two attached hydrogens (primary N) is 1. The van der Waals surface area contributed by atoms with E-state index in [1.54, 1.807) is 18.2 Å². The first-order chi connectivity index (χ1) is 8.72. The zero-order valence-electron chi connectivity index (χ0n) is 9.83.